The molecule has 0 spiro atoms. The third kappa shape index (κ3) is 4.46. The van der Waals surface area contributed by atoms with E-state index >= 15 is 0 Å². The molecule has 0 aliphatic rings. The first-order chi connectivity index (χ1) is 13.0. The Hall–Kier alpha value is -2.86. The number of carbonyl (C=O) groups excluding carboxylic acids is 1. The molecule has 1 heterocycles. The number of aromatic nitrogens is 1. The highest BCUT2D eigenvalue weighted by atomic mass is 32.1. The first-order valence-corrected chi connectivity index (χ1v) is 9.63. The molecule has 6 heteroatoms. The number of rotatable bonds is 6. The molecule has 0 fully saturated rings. The standard InChI is InChI=1S/C21H23N3O2S/c1-13(2)15-7-5-6-8-16(15)22-20(25)18-12-27-21(24-18)23-17-11-14(3)9-10-19(17)26-4/h5-13H,1-4H3,(H,22,25)(H,23,24). The van der Waals surface area contributed by atoms with Gasteiger partial charge in [-0.15, -0.1) is 11.3 Å². The predicted molar refractivity (Wildman–Crippen MR) is 112 cm³/mol. The molecule has 0 radical (unpaired) electrons. The van der Waals surface area contributed by atoms with Crippen LogP contribution < -0.4 is 15.4 Å². The van der Waals surface area contributed by atoms with Crippen molar-refractivity contribution in [2.75, 3.05) is 17.7 Å². The van der Waals surface area contributed by atoms with Crippen LogP contribution in [0, 0.1) is 6.92 Å². The van der Waals surface area contributed by atoms with E-state index in [-0.39, 0.29) is 5.91 Å². The van der Waals surface area contributed by atoms with Crippen molar-refractivity contribution in [3.8, 4) is 5.75 Å². The maximum absolute atomic E-state index is 12.6. The summed E-state index contributed by atoms with van der Waals surface area (Å²) in [7, 11) is 1.63. The molecule has 2 N–H and O–H groups in total. The van der Waals surface area contributed by atoms with Crippen LogP contribution in [0.25, 0.3) is 0 Å². The summed E-state index contributed by atoms with van der Waals surface area (Å²) in [6.07, 6.45) is 0. The molecule has 3 aromatic rings. The van der Waals surface area contributed by atoms with Crippen molar-refractivity contribution in [1.29, 1.82) is 0 Å². The molecule has 27 heavy (non-hydrogen) atoms. The molecule has 1 aromatic heterocycles. The van der Waals surface area contributed by atoms with Crippen LogP contribution in [0.5, 0.6) is 5.75 Å². The Morgan fingerprint density at radius 1 is 1.15 bits per heavy atom. The fraction of sp³-hybridized carbons (Fsp3) is 0.238. The van der Waals surface area contributed by atoms with Crippen LogP contribution >= 0.6 is 11.3 Å². The summed E-state index contributed by atoms with van der Waals surface area (Å²) in [6.45, 7) is 6.22. The van der Waals surface area contributed by atoms with E-state index in [0.717, 1.165) is 28.3 Å². The van der Waals surface area contributed by atoms with Gasteiger partial charge >= 0.3 is 0 Å². The largest absolute Gasteiger partial charge is 0.495 e. The quantitative estimate of drug-likeness (QED) is 0.585. The molecule has 0 aliphatic heterocycles. The highest BCUT2D eigenvalue weighted by Crippen LogP contribution is 2.30. The Morgan fingerprint density at radius 3 is 2.67 bits per heavy atom. The van der Waals surface area contributed by atoms with Gasteiger partial charge < -0.3 is 15.4 Å². The average molecular weight is 382 g/mol. The Morgan fingerprint density at radius 2 is 1.93 bits per heavy atom. The summed E-state index contributed by atoms with van der Waals surface area (Å²) < 4.78 is 5.38. The molecule has 2 aromatic carbocycles. The summed E-state index contributed by atoms with van der Waals surface area (Å²) in [5.41, 5.74) is 4.24. The van der Waals surface area contributed by atoms with Gasteiger partial charge in [-0.3, -0.25) is 4.79 Å². The maximum atomic E-state index is 12.6. The number of hydrogen-bond donors (Lipinski definition) is 2. The second-order valence-corrected chi connectivity index (χ2v) is 7.42. The minimum Gasteiger partial charge on any atom is -0.495 e. The summed E-state index contributed by atoms with van der Waals surface area (Å²) >= 11 is 1.38. The lowest BCUT2D eigenvalue weighted by Gasteiger charge is -2.12. The van der Waals surface area contributed by atoms with Crippen LogP contribution in [0.4, 0.5) is 16.5 Å². The van der Waals surface area contributed by atoms with Gasteiger partial charge in [-0.2, -0.15) is 0 Å². The summed E-state index contributed by atoms with van der Waals surface area (Å²) in [4.78, 5) is 17.0. The van der Waals surface area contributed by atoms with Crippen LogP contribution in [-0.2, 0) is 0 Å². The molecule has 5 nitrogen and oxygen atoms in total. The lowest BCUT2D eigenvalue weighted by Crippen LogP contribution is -2.14. The first-order valence-electron chi connectivity index (χ1n) is 8.75. The smallest absolute Gasteiger partial charge is 0.275 e. The molecule has 0 unspecified atom stereocenters. The third-order valence-electron chi connectivity index (χ3n) is 4.16. The summed E-state index contributed by atoms with van der Waals surface area (Å²) in [6, 6.07) is 13.7. The number of para-hydroxylation sites is 1. The van der Waals surface area contributed by atoms with Crippen molar-refractivity contribution in [3.05, 3.63) is 64.7 Å². The molecule has 0 saturated heterocycles. The van der Waals surface area contributed by atoms with Crippen LogP contribution in [-0.4, -0.2) is 18.0 Å². The van der Waals surface area contributed by atoms with Gasteiger partial charge in [0.1, 0.15) is 11.4 Å². The molecule has 0 aliphatic carbocycles. The van der Waals surface area contributed by atoms with Crippen molar-refractivity contribution >= 4 is 33.8 Å². The van der Waals surface area contributed by atoms with Crippen molar-refractivity contribution in [3.63, 3.8) is 0 Å². The number of aryl methyl sites for hydroxylation is 1. The lowest BCUT2D eigenvalue weighted by atomic mass is 10.0. The molecule has 0 bridgehead atoms. The third-order valence-corrected chi connectivity index (χ3v) is 4.92. The van der Waals surface area contributed by atoms with Crippen molar-refractivity contribution in [2.45, 2.75) is 26.7 Å². The van der Waals surface area contributed by atoms with Crippen LogP contribution in [0.1, 0.15) is 41.4 Å². The zero-order valence-electron chi connectivity index (χ0n) is 15.9. The van der Waals surface area contributed by atoms with E-state index in [0.29, 0.717) is 16.7 Å². The topological polar surface area (TPSA) is 63.2 Å². The van der Waals surface area contributed by atoms with E-state index < -0.39 is 0 Å². The van der Waals surface area contributed by atoms with Gasteiger partial charge in [0.2, 0.25) is 0 Å². The van der Waals surface area contributed by atoms with Crippen LogP contribution in [0.3, 0.4) is 0 Å². The van der Waals surface area contributed by atoms with Gasteiger partial charge in [-0.05, 0) is 42.2 Å². The first kappa shape index (κ1) is 18.9. The van der Waals surface area contributed by atoms with Gasteiger partial charge in [0.25, 0.3) is 5.91 Å². The average Bonchev–Trinajstić information content (AvgIpc) is 3.11. The number of ether oxygens (including phenoxy) is 1. The van der Waals surface area contributed by atoms with Gasteiger partial charge in [-0.1, -0.05) is 38.1 Å². The normalized spacial score (nSPS) is 10.7. The number of methoxy groups -OCH3 is 1. The second kappa shape index (κ2) is 8.22. The Bertz CT molecular complexity index is 950. The second-order valence-electron chi connectivity index (χ2n) is 6.56. The number of nitrogens with one attached hydrogen (secondary N) is 2. The highest BCUT2D eigenvalue weighted by molar-refractivity contribution is 7.14. The number of amides is 1. The monoisotopic (exact) mass is 381 g/mol. The number of nitrogens with zero attached hydrogens (tertiary/aromatic N) is 1. The number of anilines is 3. The molecule has 140 valence electrons. The van der Waals surface area contributed by atoms with Crippen molar-refractivity contribution < 1.29 is 9.53 Å². The number of carbonyl (C=O) groups is 1. The minimum atomic E-state index is -0.219. The van der Waals surface area contributed by atoms with Crippen molar-refractivity contribution in [1.82, 2.24) is 4.98 Å². The van der Waals surface area contributed by atoms with E-state index in [2.05, 4.69) is 29.5 Å². The number of thiazole rings is 1. The van der Waals surface area contributed by atoms with Gasteiger partial charge in [0, 0.05) is 11.1 Å². The fourth-order valence-corrected chi connectivity index (χ4v) is 3.47. The lowest BCUT2D eigenvalue weighted by molar-refractivity contribution is 0.102. The van der Waals surface area contributed by atoms with E-state index in [1.807, 2.05) is 49.4 Å². The van der Waals surface area contributed by atoms with E-state index in [1.165, 1.54) is 11.3 Å². The number of hydrogen-bond acceptors (Lipinski definition) is 5. The zero-order chi connectivity index (χ0) is 19.4. The molecular formula is C21H23N3O2S. The van der Waals surface area contributed by atoms with Crippen molar-refractivity contribution in [2.24, 2.45) is 0 Å². The molecule has 1 amide bonds. The fourth-order valence-electron chi connectivity index (χ4n) is 2.77. The van der Waals surface area contributed by atoms with Crippen LogP contribution in [0.2, 0.25) is 0 Å². The summed E-state index contributed by atoms with van der Waals surface area (Å²) in [5.74, 6) is 0.833. The van der Waals surface area contributed by atoms with Gasteiger partial charge in [0.15, 0.2) is 5.13 Å². The van der Waals surface area contributed by atoms with E-state index in [9.17, 15) is 4.79 Å². The highest BCUT2D eigenvalue weighted by Gasteiger charge is 2.15. The molecular weight excluding hydrogens is 358 g/mol. The predicted octanol–water partition coefficient (Wildman–Crippen LogP) is 5.58. The zero-order valence-corrected chi connectivity index (χ0v) is 16.7. The van der Waals surface area contributed by atoms with E-state index in [1.54, 1.807) is 12.5 Å². The molecule has 0 atom stereocenters. The minimum absolute atomic E-state index is 0.219. The van der Waals surface area contributed by atoms with Gasteiger partial charge in [0.05, 0.1) is 12.8 Å². The van der Waals surface area contributed by atoms with E-state index in [4.69, 9.17) is 4.74 Å². The van der Waals surface area contributed by atoms with Crippen LogP contribution in [0.15, 0.2) is 47.8 Å². The maximum Gasteiger partial charge on any atom is 0.275 e. The Balaban J connectivity index is 1.76. The summed E-state index contributed by atoms with van der Waals surface area (Å²) in [5, 5.41) is 8.59. The molecule has 3 rings (SSSR count). The number of benzene rings is 2. The Kier molecular flexibility index (Phi) is 5.76. The SMILES string of the molecule is COc1ccc(C)cc1Nc1nc(C(=O)Nc2ccccc2C(C)C)cs1. The van der Waals surface area contributed by atoms with Gasteiger partial charge in [-0.25, -0.2) is 4.98 Å². The molecule has 0 saturated carbocycles. The Labute approximate surface area is 163 Å².